The van der Waals surface area contributed by atoms with Gasteiger partial charge in [-0.25, -0.2) is 0 Å². The summed E-state index contributed by atoms with van der Waals surface area (Å²) in [6.45, 7) is 1.83. The maximum atomic E-state index is 5.75. The van der Waals surface area contributed by atoms with Gasteiger partial charge in [0.05, 0.1) is 13.2 Å². The lowest BCUT2D eigenvalue weighted by molar-refractivity contribution is -0.0777. The number of rotatable bonds is 0. The number of ether oxygens (including phenoxy) is 1. The van der Waals surface area contributed by atoms with Gasteiger partial charge in [0.15, 0.2) is 0 Å². The first-order chi connectivity index (χ1) is 3.88. The van der Waals surface area contributed by atoms with Gasteiger partial charge >= 0.3 is 0 Å². The van der Waals surface area contributed by atoms with Crippen LogP contribution in [0.5, 0.6) is 0 Å². The van der Waals surface area contributed by atoms with Crippen molar-refractivity contribution in [2.45, 2.75) is 12.5 Å². The van der Waals surface area contributed by atoms with Crippen molar-refractivity contribution in [3.63, 3.8) is 0 Å². The van der Waals surface area contributed by atoms with Crippen LogP contribution in [-0.4, -0.2) is 19.3 Å². The topological polar surface area (TPSA) is 35.2 Å². The van der Waals surface area contributed by atoms with E-state index in [1.807, 2.05) is 0 Å². The molecule has 3 fully saturated rings. The van der Waals surface area contributed by atoms with Crippen molar-refractivity contribution in [2.24, 2.45) is 17.6 Å². The van der Waals surface area contributed by atoms with Gasteiger partial charge in [-0.15, -0.1) is 0 Å². The molecule has 3 rings (SSSR count). The summed E-state index contributed by atoms with van der Waals surface area (Å²) in [5, 5.41) is 0. The van der Waals surface area contributed by atoms with Crippen molar-refractivity contribution in [1.82, 2.24) is 0 Å². The van der Waals surface area contributed by atoms with Gasteiger partial charge in [-0.05, 0) is 18.3 Å². The zero-order valence-electron chi connectivity index (χ0n) is 4.84. The van der Waals surface area contributed by atoms with Crippen LogP contribution in [0.4, 0.5) is 0 Å². The van der Waals surface area contributed by atoms with Gasteiger partial charge in [0.2, 0.25) is 0 Å². The van der Waals surface area contributed by atoms with Crippen LogP contribution in [0.1, 0.15) is 6.42 Å². The summed E-state index contributed by atoms with van der Waals surface area (Å²) >= 11 is 0. The van der Waals surface area contributed by atoms with Crippen molar-refractivity contribution >= 4 is 0 Å². The molecule has 2 nitrogen and oxygen atoms in total. The molecule has 8 heavy (non-hydrogen) atoms. The second-order valence-corrected chi connectivity index (χ2v) is 2.87. The zero-order chi connectivity index (χ0) is 5.56. The van der Waals surface area contributed by atoms with Crippen LogP contribution < -0.4 is 5.73 Å². The Balaban J connectivity index is 2.03. The predicted molar refractivity (Wildman–Crippen MR) is 30.4 cm³/mol. The number of hydrogen-bond donors (Lipinski definition) is 1. The van der Waals surface area contributed by atoms with Crippen molar-refractivity contribution in [3.8, 4) is 0 Å². The Kier molecular flexibility index (Phi) is 0.866. The van der Waals surface area contributed by atoms with E-state index in [2.05, 4.69) is 0 Å². The average molecular weight is 113 g/mol. The van der Waals surface area contributed by atoms with Crippen LogP contribution in [-0.2, 0) is 4.74 Å². The summed E-state index contributed by atoms with van der Waals surface area (Å²) in [7, 11) is 0. The van der Waals surface area contributed by atoms with E-state index in [9.17, 15) is 0 Å². The molecular formula is C6H11NO. The molecule has 0 radical (unpaired) electrons. The van der Waals surface area contributed by atoms with E-state index in [0.29, 0.717) is 17.9 Å². The monoisotopic (exact) mass is 113 g/mol. The molecule has 2 N–H and O–H groups in total. The standard InChI is InChI=1S/C6H11NO/c7-6-4-1-5(6)3-8-2-4/h4-6H,1-3,7H2. The smallest absolute Gasteiger partial charge is 0.0509 e. The van der Waals surface area contributed by atoms with Crippen molar-refractivity contribution in [3.05, 3.63) is 0 Å². The fourth-order valence-electron chi connectivity index (χ4n) is 1.62. The van der Waals surface area contributed by atoms with Crippen LogP contribution in [0.2, 0.25) is 0 Å². The summed E-state index contributed by atoms with van der Waals surface area (Å²) in [4.78, 5) is 0. The highest BCUT2D eigenvalue weighted by Gasteiger charge is 2.41. The molecule has 1 aliphatic carbocycles. The number of nitrogens with two attached hydrogens (primary N) is 1. The molecule has 0 aromatic heterocycles. The second-order valence-electron chi connectivity index (χ2n) is 2.87. The van der Waals surface area contributed by atoms with E-state index in [1.54, 1.807) is 0 Å². The third-order valence-corrected chi connectivity index (χ3v) is 2.36. The lowest BCUT2D eigenvalue weighted by atomic mass is 9.69. The SMILES string of the molecule is NC1C2COCC1C2. The van der Waals surface area contributed by atoms with Crippen LogP contribution in [0.3, 0.4) is 0 Å². The molecule has 2 saturated heterocycles. The molecule has 2 heterocycles. The third kappa shape index (κ3) is 0.446. The average Bonchev–Trinajstić information content (AvgIpc) is 1.89. The normalized spacial score (nSPS) is 52.9. The summed E-state index contributed by atoms with van der Waals surface area (Å²) < 4.78 is 5.22. The van der Waals surface area contributed by atoms with E-state index >= 15 is 0 Å². The fraction of sp³-hybridized carbons (Fsp3) is 1.00. The molecule has 46 valence electrons. The Morgan fingerprint density at radius 1 is 1.25 bits per heavy atom. The number of fused-ring (bicyclic) bond motifs is 2. The van der Waals surface area contributed by atoms with E-state index < -0.39 is 0 Å². The van der Waals surface area contributed by atoms with Crippen LogP contribution >= 0.6 is 0 Å². The lowest BCUT2D eigenvalue weighted by Gasteiger charge is -2.46. The molecule has 3 aliphatic rings. The minimum absolute atomic E-state index is 0.476. The molecule has 0 aromatic carbocycles. The largest absolute Gasteiger partial charge is 0.381 e. The van der Waals surface area contributed by atoms with Gasteiger partial charge in [-0.1, -0.05) is 0 Å². The van der Waals surface area contributed by atoms with Crippen LogP contribution in [0.15, 0.2) is 0 Å². The highest BCUT2D eigenvalue weighted by atomic mass is 16.5. The van der Waals surface area contributed by atoms with Gasteiger partial charge in [0, 0.05) is 6.04 Å². The molecule has 2 bridgehead atoms. The van der Waals surface area contributed by atoms with Gasteiger partial charge in [-0.3, -0.25) is 0 Å². The maximum absolute atomic E-state index is 5.75. The van der Waals surface area contributed by atoms with E-state index in [-0.39, 0.29) is 0 Å². The predicted octanol–water partition coefficient (Wildman–Crippen LogP) is -0.0200. The highest BCUT2D eigenvalue weighted by molar-refractivity contribution is 4.94. The Labute approximate surface area is 49.0 Å². The minimum atomic E-state index is 0.476. The molecular weight excluding hydrogens is 102 g/mol. The molecule has 0 spiro atoms. The van der Waals surface area contributed by atoms with Gasteiger partial charge in [0.1, 0.15) is 0 Å². The van der Waals surface area contributed by atoms with Gasteiger partial charge in [0.25, 0.3) is 0 Å². The molecule has 0 aromatic rings. The molecule has 2 unspecified atom stereocenters. The molecule has 2 heteroatoms. The molecule has 2 atom stereocenters. The summed E-state index contributed by atoms with van der Waals surface area (Å²) in [6, 6.07) is 0.476. The first-order valence-corrected chi connectivity index (χ1v) is 3.21. The lowest BCUT2D eigenvalue weighted by Crippen LogP contribution is -2.56. The zero-order valence-corrected chi connectivity index (χ0v) is 4.84. The maximum Gasteiger partial charge on any atom is 0.0509 e. The number of hydrogen-bond acceptors (Lipinski definition) is 2. The first-order valence-electron chi connectivity index (χ1n) is 3.21. The Morgan fingerprint density at radius 2 is 1.88 bits per heavy atom. The van der Waals surface area contributed by atoms with Crippen molar-refractivity contribution in [1.29, 1.82) is 0 Å². The van der Waals surface area contributed by atoms with Gasteiger partial charge < -0.3 is 10.5 Å². The Hall–Kier alpha value is -0.0800. The van der Waals surface area contributed by atoms with Gasteiger partial charge in [-0.2, -0.15) is 0 Å². The van der Waals surface area contributed by atoms with E-state index in [0.717, 1.165) is 13.2 Å². The fourth-order valence-corrected chi connectivity index (χ4v) is 1.62. The summed E-state index contributed by atoms with van der Waals surface area (Å²) in [5.74, 6) is 1.41. The van der Waals surface area contributed by atoms with Crippen molar-refractivity contribution < 1.29 is 4.74 Å². The van der Waals surface area contributed by atoms with Crippen LogP contribution in [0.25, 0.3) is 0 Å². The Bertz CT molecular complexity index is 90.7. The van der Waals surface area contributed by atoms with Crippen molar-refractivity contribution in [2.75, 3.05) is 13.2 Å². The van der Waals surface area contributed by atoms with Crippen LogP contribution in [0, 0.1) is 11.8 Å². The third-order valence-electron chi connectivity index (χ3n) is 2.36. The summed E-state index contributed by atoms with van der Waals surface area (Å²) in [6.07, 6.45) is 1.32. The van der Waals surface area contributed by atoms with E-state index in [1.165, 1.54) is 6.42 Å². The quantitative estimate of drug-likeness (QED) is 0.479. The second kappa shape index (κ2) is 1.45. The molecule has 1 saturated carbocycles. The molecule has 2 aliphatic heterocycles. The first kappa shape index (κ1) is 4.77. The molecule has 0 amide bonds. The minimum Gasteiger partial charge on any atom is -0.381 e. The van der Waals surface area contributed by atoms with E-state index in [4.69, 9.17) is 10.5 Å². The Morgan fingerprint density at radius 3 is 2.12 bits per heavy atom. The highest BCUT2D eigenvalue weighted by Crippen LogP contribution is 2.36. The summed E-state index contributed by atoms with van der Waals surface area (Å²) in [5.41, 5.74) is 5.75.